The van der Waals surface area contributed by atoms with Crippen LogP contribution in [-0.2, 0) is 4.74 Å². The number of benzene rings is 1. The van der Waals surface area contributed by atoms with Gasteiger partial charge in [-0.15, -0.1) is 0 Å². The van der Waals surface area contributed by atoms with Gasteiger partial charge in [-0.3, -0.25) is 9.78 Å². The molecule has 130 valence electrons. The lowest BCUT2D eigenvalue weighted by Crippen LogP contribution is -2.39. The maximum Gasteiger partial charge on any atom is 0.270 e. The van der Waals surface area contributed by atoms with Gasteiger partial charge in [-0.1, -0.05) is 18.2 Å². The molecular weight excluding hydrogens is 316 g/mol. The Hall–Kier alpha value is -2.40. The molecule has 25 heavy (non-hydrogen) atoms. The summed E-state index contributed by atoms with van der Waals surface area (Å²) in [6.07, 6.45) is 6.18. The summed E-state index contributed by atoms with van der Waals surface area (Å²) < 4.78 is 11.1. The molecule has 0 bridgehead atoms. The van der Waals surface area contributed by atoms with Crippen molar-refractivity contribution in [3.63, 3.8) is 0 Å². The third kappa shape index (κ3) is 4.17. The fraction of sp³-hybridized carbons (Fsp3) is 0.400. The first kappa shape index (κ1) is 16.1. The van der Waals surface area contributed by atoms with Crippen molar-refractivity contribution in [2.75, 3.05) is 13.2 Å². The normalized spacial score (nSPS) is 17.9. The fourth-order valence-electron chi connectivity index (χ4n) is 2.90. The average molecular weight is 338 g/mol. The SMILES string of the molecule is O=C(NC1CCOCC1)c1ccc(-c2ccc(OC3CC3)cc2)cn1. The van der Waals surface area contributed by atoms with Crippen LogP contribution in [0, 0.1) is 0 Å². The molecule has 1 saturated heterocycles. The number of rotatable bonds is 5. The highest BCUT2D eigenvalue weighted by atomic mass is 16.5. The Labute approximate surface area is 147 Å². The van der Waals surface area contributed by atoms with Gasteiger partial charge < -0.3 is 14.8 Å². The standard InChI is InChI=1S/C20H22N2O3/c23-20(22-16-9-11-24-12-10-16)19-8-3-15(13-21-19)14-1-4-17(5-2-14)25-18-6-7-18/h1-5,8,13,16,18H,6-7,9-12H2,(H,22,23). The topological polar surface area (TPSA) is 60.5 Å². The van der Waals surface area contributed by atoms with Crippen LogP contribution in [0.25, 0.3) is 11.1 Å². The van der Waals surface area contributed by atoms with Crippen LogP contribution in [0.1, 0.15) is 36.2 Å². The molecule has 1 saturated carbocycles. The summed E-state index contributed by atoms with van der Waals surface area (Å²) in [5.41, 5.74) is 2.50. The predicted octanol–water partition coefficient (Wildman–Crippen LogP) is 3.20. The molecule has 0 radical (unpaired) electrons. The van der Waals surface area contributed by atoms with E-state index >= 15 is 0 Å². The first-order chi connectivity index (χ1) is 12.3. The zero-order valence-corrected chi connectivity index (χ0v) is 14.1. The summed E-state index contributed by atoms with van der Waals surface area (Å²) in [7, 11) is 0. The van der Waals surface area contributed by atoms with Crippen molar-refractivity contribution in [3.8, 4) is 16.9 Å². The lowest BCUT2D eigenvalue weighted by Gasteiger charge is -2.22. The number of amides is 1. The smallest absolute Gasteiger partial charge is 0.270 e. The number of hydrogen-bond acceptors (Lipinski definition) is 4. The van der Waals surface area contributed by atoms with E-state index in [0.717, 1.165) is 42.6 Å². The Morgan fingerprint density at radius 3 is 2.36 bits per heavy atom. The molecule has 5 heteroatoms. The number of pyridine rings is 1. The molecule has 2 aliphatic rings. The van der Waals surface area contributed by atoms with E-state index in [2.05, 4.69) is 10.3 Å². The van der Waals surface area contributed by atoms with Crippen LogP contribution >= 0.6 is 0 Å². The van der Waals surface area contributed by atoms with Gasteiger partial charge in [0.05, 0.1) is 6.10 Å². The van der Waals surface area contributed by atoms with E-state index in [1.165, 1.54) is 0 Å². The summed E-state index contributed by atoms with van der Waals surface area (Å²) in [4.78, 5) is 16.6. The van der Waals surface area contributed by atoms with Crippen molar-refractivity contribution in [2.24, 2.45) is 0 Å². The Morgan fingerprint density at radius 2 is 1.72 bits per heavy atom. The van der Waals surface area contributed by atoms with Crippen LogP contribution in [0.5, 0.6) is 5.75 Å². The Morgan fingerprint density at radius 1 is 1.00 bits per heavy atom. The lowest BCUT2D eigenvalue weighted by molar-refractivity contribution is 0.0694. The highest BCUT2D eigenvalue weighted by Crippen LogP contribution is 2.28. The number of nitrogens with one attached hydrogen (secondary N) is 1. The van der Waals surface area contributed by atoms with Gasteiger partial charge in [0.25, 0.3) is 5.91 Å². The van der Waals surface area contributed by atoms with Gasteiger partial charge in [0.1, 0.15) is 11.4 Å². The van der Waals surface area contributed by atoms with E-state index in [1.807, 2.05) is 30.3 Å². The minimum absolute atomic E-state index is 0.119. The number of ether oxygens (including phenoxy) is 2. The maximum atomic E-state index is 12.3. The number of carbonyl (C=O) groups is 1. The van der Waals surface area contributed by atoms with Crippen molar-refractivity contribution < 1.29 is 14.3 Å². The molecule has 1 aliphatic heterocycles. The van der Waals surface area contributed by atoms with Gasteiger partial charge >= 0.3 is 0 Å². The second-order valence-electron chi connectivity index (χ2n) is 6.63. The van der Waals surface area contributed by atoms with Crippen LogP contribution in [-0.4, -0.2) is 36.3 Å². The molecule has 2 aromatic rings. The van der Waals surface area contributed by atoms with Crippen LogP contribution in [0.15, 0.2) is 42.6 Å². The first-order valence-electron chi connectivity index (χ1n) is 8.90. The molecule has 1 aromatic carbocycles. The quantitative estimate of drug-likeness (QED) is 0.909. The van der Waals surface area contributed by atoms with Crippen molar-refractivity contribution in [3.05, 3.63) is 48.3 Å². The van der Waals surface area contributed by atoms with Gasteiger partial charge in [0, 0.05) is 31.0 Å². The minimum atomic E-state index is -0.119. The van der Waals surface area contributed by atoms with E-state index in [-0.39, 0.29) is 11.9 Å². The van der Waals surface area contributed by atoms with Crippen molar-refractivity contribution in [1.82, 2.24) is 10.3 Å². The number of nitrogens with zero attached hydrogens (tertiary/aromatic N) is 1. The second kappa shape index (κ2) is 7.23. The first-order valence-corrected chi connectivity index (χ1v) is 8.90. The molecule has 1 N–H and O–H groups in total. The van der Waals surface area contributed by atoms with Crippen LogP contribution < -0.4 is 10.1 Å². The van der Waals surface area contributed by atoms with Gasteiger partial charge in [0.15, 0.2) is 0 Å². The van der Waals surface area contributed by atoms with Crippen LogP contribution in [0.2, 0.25) is 0 Å². The van der Waals surface area contributed by atoms with Gasteiger partial charge in [-0.05, 0) is 49.4 Å². The van der Waals surface area contributed by atoms with E-state index < -0.39 is 0 Å². The number of hydrogen-bond donors (Lipinski definition) is 1. The molecule has 5 nitrogen and oxygen atoms in total. The zero-order valence-electron chi connectivity index (χ0n) is 14.1. The monoisotopic (exact) mass is 338 g/mol. The Balaban J connectivity index is 1.39. The highest BCUT2D eigenvalue weighted by molar-refractivity contribution is 5.92. The summed E-state index contributed by atoms with van der Waals surface area (Å²) in [5.74, 6) is 0.790. The lowest BCUT2D eigenvalue weighted by atomic mass is 10.1. The molecule has 1 aliphatic carbocycles. The number of carbonyl (C=O) groups excluding carboxylic acids is 1. The van der Waals surface area contributed by atoms with Gasteiger partial charge in [-0.25, -0.2) is 0 Å². The van der Waals surface area contributed by atoms with Gasteiger partial charge in [0.2, 0.25) is 0 Å². The van der Waals surface area contributed by atoms with E-state index in [1.54, 1.807) is 12.3 Å². The highest BCUT2D eigenvalue weighted by Gasteiger charge is 2.23. The summed E-state index contributed by atoms with van der Waals surface area (Å²) in [6.45, 7) is 1.41. The third-order valence-corrected chi connectivity index (χ3v) is 4.57. The van der Waals surface area contributed by atoms with E-state index in [0.29, 0.717) is 25.0 Å². The molecule has 4 rings (SSSR count). The van der Waals surface area contributed by atoms with Crippen molar-refractivity contribution in [1.29, 1.82) is 0 Å². The van der Waals surface area contributed by atoms with E-state index in [9.17, 15) is 4.79 Å². The fourth-order valence-corrected chi connectivity index (χ4v) is 2.90. The molecule has 0 unspecified atom stereocenters. The van der Waals surface area contributed by atoms with Crippen molar-refractivity contribution in [2.45, 2.75) is 37.8 Å². The molecule has 2 heterocycles. The Bertz CT molecular complexity index is 718. The molecule has 1 amide bonds. The summed E-state index contributed by atoms with van der Waals surface area (Å²) in [6, 6.07) is 11.9. The van der Waals surface area contributed by atoms with Crippen LogP contribution in [0.3, 0.4) is 0 Å². The molecular formula is C20H22N2O3. The third-order valence-electron chi connectivity index (χ3n) is 4.57. The average Bonchev–Trinajstić information content (AvgIpc) is 3.47. The zero-order chi connectivity index (χ0) is 17.1. The van der Waals surface area contributed by atoms with Crippen LogP contribution in [0.4, 0.5) is 0 Å². The van der Waals surface area contributed by atoms with Gasteiger partial charge in [-0.2, -0.15) is 0 Å². The Kier molecular flexibility index (Phi) is 4.65. The second-order valence-corrected chi connectivity index (χ2v) is 6.63. The summed E-state index contributed by atoms with van der Waals surface area (Å²) >= 11 is 0. The van der Waals surface area contributed by atoms with Crippen molar-refractivity contribution >= 4 is 5.91 Å². The molecule has 0 atom stereocenters. The molecule has 2 fully saturated rings. The maximum absolute atomic E-state index is 12.3. The molecule has 0 spiro atoms. The largest absolute Gasteiger partial charge is 0.490 e. The van der Waals surface area contributed by atoms with E-state index in [4.69, 9.17) is 9.47 Å². The minimum Gasteiger partial charge on any atom is -0.490 e. The molecule has 1 aromatic heterocycles. The predicted molar refractivity (Wildman–Crippen MR) is 94.6 cm³/mol. The number of aromatic nitrogens is 1. The summed E-state index contributed by atoms with van der Waals surface area (Å²) in [5, 5.41) is 3.03.